The van der Waals surface area contributed by atoms with Gasteiger partial charge in [-0.25, -0.2) is 9.78 Å². The van der Waals surface area contributed by atoms with Crippen LogP contribution in [0.3, 0.4) is 0 Å². The van der Waals surface area contributed by atoms with E-state index in [1.165, 1.54) is 12.1 Å². The predicted molar refractivity (Wildman–Crippen MR) is 129 cm³/mol. The third kappa shape index (κ3) is 7.13. The molecule has 0 aliphatic rings. The SMILES string of the molecule is Nc1nc(N)c2cc(CCC(=O)OCc3ccc(C(=O)NC(CCC(=O)O)C(=O)O)cc3)ccc2n1. The molecule has 1 amide bonds. The van der Waals surface area contributed by atoms with Crippen molar-refractivity contribution in [3.63, 3.8) is 0 Å². The number of nitrogens with one attached hydrogen (secondary N) is 1. The Morgan fingerprint density at radius 2 is 1.64 bits per heavy atom. The molecule has 3 rings (SSSR count). The van der Waals surface area contributed by atoms with Gasteiger partial charge in [0.05, 0.1) is 5.52 Å². The van der Waals surface area contributed by atoms with Gasteiger partial charge < -0.3 is 31.7 Å². The minimum Gasteiger partial charge on any atom is -0.481 e. The Kier molecular flexibility index (Phi) is 8.34. The van der Waals surface area contributed by atoms with Gasteiger partial charge in [-0.05, 0) is 48.2 Å². The van der Waals surface area contributed by atoms with Crippen molar-refractivity contribution in [1.82, 2.24) is 15.3 Å². The molecule has 12 heteroatoms. The number of hydrogen-bond donors (Lipinski definition) is 5. The predicted octanol–water partition coefficient (Wildman–Crippen LogP) is 1.52. The zero-order valence-electron chi connectivity index (χ0n) is 19.1. The second-order valence-electron chi connectivity index (χ2n) is 7.97. The fourth-order valence-corrected chi connectivity index (χ4v) is 3.37. The van der Waals surface area contributed by atoms with Gasteiger partial charge >= 0.3 is 17.9 Å². The number of carboxylic acid groups (broad SMARTS) is 2. The van der Waals surface area contributed by atoms with Crippen molar-refractivity contribution in [2.45, 2.75) is 38.3 Å². The number of aryl methyl sites for hydroxylation is 1. The lowest BCUT2D eigenvalue weighted by Crippen LogP contribution is -2.41. The van der Waals surface area contributed by atoms with Gasteiger partial charge in [-0.3, -0.25) is 14.4 Å². The number of esters is 1. The zero-order chi connectivity index (χ0) is 26.2. The highest BCUT2D eigenvalue weighted by atomic mass is 16.5. The Morgan fingerprint density at radius 3 is 2.31 bits per heavy atom. The van der Waals surface area contributed by atoms with Crippen molar-refractivity contribution in [3.05, 3.63) is 59.2 Å². The first-order valence-corrected chi connectivity index (χ1v) is 10.9. The molecule has 3 aromatic rings. The van der Waals surface area contributed by atoms with Crippen LogP contribution in [0.15, 0.2) is 42.5 Å². The standard InChI is InChI=1S/C24H25N5O7/c25-21-16-11-13(3-7-17(16)28-24(26)29-21)4-10-20(32)36-12-14-1-5-15(6-2-14)22(33)27-18(23(34)35)8-9-19(30)31/h1-3,5-7,11,18H,4,8-10,12H2,(H,27,33)(H,30,31)(H,34,35)(H4,25,26,28,29). The molecule has 0 bridgehead atoms. The van der Waals surface area contributed by atoms with E-state index >= 15 is 0 Å². The molecular formula is C24H25N5O7. The molecule has 0 spiro atoms. The van der Waals surface area contributed by atoms with Crippen LogP contribution in [0.1, 0.15) is 40.7 Å². The number of carboxylic acids is 2. The molecule has 0 fully saturated rings. The largest absolute Gasteiger partial charge is 0.481 e. The van der Waals surface area contributed by atoms with Crippen LogP contribution >= 0.6 is 0 Å². The van der Waals surface area contributed by atoms with Gasteiger partial charge in [0, 0.05) is 23.8 Å². The molecule has 1 aromatic heterocycles. The molecule has 0 saturated heterocycles. The smallest absolute Gasteiger partial charge is 0.326 e. The summed E-state index contributed by atoms with van der Waals surface area (Å²) in [4.78, 5) is 54.4. The number of rotatable bonds is 11. The fraction of sp³-hybridized carbons (Fsp3) is 0.250. The van der Waals surface area contributed by atoms with E-state index in [0.29, 0.717) is 22.9 Å². The maximum Gasteiger partial charge on any atom is 0.326 e. The molecule has 0 aliphatic heterocycles. The maximum absolute atomic E-state index is 12.3. The average Bonchev–Trinajstić information content (AvgIpc) is 2.84. The summed E-state index contributed by atoms with van der Waals surface area (Å²) in [5, 5.41) is 20.8. The number of hydrogen-bond acceptors (Lipinski definition) is 9. The van der Waals surface area contributed by atoms with Crippen molar-refractivity contribution < 1.29 is 34.1 Å². The number of ether oxygens (including phenoxy) is 1. The van der Waals surface area contributed by atoms with Gasteiger partial charge in [0.15, 0.2) is 0 Å². The number of aliphatic carboxylic acids is 2. The first-order chi connectivity index (χ1) is 17.1. The number of anilines is 2. The highest BCUT2D eigenvalue weighted by Crippen LogP contribution is 2.21. The van der Waals surface area contributed by atoms with Crippen LogP contribution in [0.4, 0.5) is 11.8 Å². The van der Waals surface area contributed by atoms with Gasteiger partial charge in [-0.2, -0.15) is 4.98 Å². The van der Waals surface area contributed by atoms with Crippen molar-refractivity contribution in [2.24, 2.45) is 0 Å². The van der Waals surface area contributed by atoms with Crippen LogP contribution in [0.5, 0.6) is 0 Å². The van der Waals surface area contributed by atoms with E-state index in [0.717, 1.165) is 5.56 Å². The number of carbonyl (C=O) groups excluding carboxylic acids is 2. The lowest BCUT2D eigenvalue weighted by molar-refractivity contribution is -0.145. The third-order valence-electron chi connectivity index (χ3n) is 5.29. The number of nitrogens with zero attached hydrogens (tertiary/aromatic N) is 2. The Morgan fingerprint density at radius 1 is 0.944 bits per heavy atom. The number of amides is 1. The van der Waals surface area contributed by atoms with Gasteiger partial charge in [-0.15, -0.1) is 0 Å². The van der Waals surface area contributed by atoms with Crippen LogP contribution in [0.2, 0.25) is 0 Å². The highest BCUT2D eigenvalue weighted by Gasteiger charge is 2.21. The van der Waals surface area contributed by atoms with E-state index < -0.39 is 29.9 Å². The fourth-order valence-electron chi connectivity index (χ4n) is 3.37. The van der Waals surface area contributed by atoms with Gasteiger partial charge in [0.25, 0.3) is 5.91 Å². The second kappa shape index (κ2) is 11.6. The molecule has 188 valence electrons. The number of aromatic nitrogens is 2. The summed E-state index contributed by atoms with van der Waals surface area (Å²) < 4.78 is 5.29. The van der Waals surface area contributed by atoms with Crippen LogP contribution in [0.25, 0.3) is 10.9 Å². The summed E-state index contributed by atoms with van der Waals surface area (Å²) >= 11 is 0. The molecule has 1 unspecified atom stereocenters. The zero-order valence-corrected chi connectivity index (χ0v) is 19.1. The Balaban J connectivity index is 1.49. The van der Waals surface area contributed by atoms with Gasteiger partial charge in [0.1, 0.15) is 18.5 Å². The monoisotopic (exact) mass is 495 g/mol. The normalized spacial score (nSPS) is 11.6. The summed E-state index contributed by atoms with van der Waals surface area (Å²) in [6, 6.07) is 10.1. The van der Waals surface area contributed by atoms with Crippen molar-refractivity contribution in [2.75, 3.05) is 11.5 Å². The van der Waals surface area contributed by atoms with E-state index in [2.05, 4.69) is 15.3 Å². The number of benzene rings is 2. The van der Waals surface area contributed by atoms with Crippen molar-refractivity contribution in [1.29, 1.82) is 0 Å². The van der Waals surface area contributed by atoms with Gasteiger partial charge in [0.2, 0.25) is 5.95 Å². The van der Waals surface area contributed by atoms with Crippen LogP contribution in [0, 0.1) is 0 Å². The molecule has 36 heavy (non-hydrogen) atoms. The van der Waals surface area contributed by atoms with Crippen LogP contribution in [-0.2, 0) is 32.1 Å². The highest BCUT2D eigenvalue weighted by molar-refractivity contribution is 5.96. The third-order valence-corrected chi connectivity index (χ3v) is 5.29. The molecular weight excluding hydrogens is 470 g/mol. The Labute approximate surface area is 205 Å². The summed E-state index contributed by atoms with van der Waals surface area (Å²) in [6.45, 7) is -0.00508. The summed E-state index contributed by atoms with van der Waals surface area (Å²) in [6.07, 6.45) is -0.0710. The molecule has 12 nitrogen and oxygen atoms in total. The molecule has 0 saturated carbocycles. The summed E-state index contributed by atoms with van der Waals surface area (Å²) in [5.41, 5.74) is 13.8. The first-order valence-electron chi connectivity index (χ1n) is 10.9. The number of nitrogens with two attached hydrogens (primary N) is 2. The number of carbonyl (C=O) groups is 4. The second-order valence-corrected chi connectivity index (χ2v) is 7.97. The maximum atomic E-state index is 12.3. The van der Waals surface area contributed by atoms with Crippen LogP contribution in [-0.4, -0.2) is 50.0 Å². The molecule has 1 heterocycles. The molecule has 1 atom stereocenters. The van der Waals surface area contributed by atoms with E-state index in [-0.39, 0.29) is 43.2 Å². The summed E-state index contributed by atoms with van der Waals surface area (Å²) in [7, 11) is 0. The topological polar surface area (TPSA) is 208 Å². The van der Waals surface area contributed by atoms with E-state index in [1.54, 1.807) is 24.3 Å². The number of nitrogen functional groups attached to an aromatic ring is 2. The Hall–Kier alpha value is -4.74. The number of fused-ring (bicyclic) bond motifs is 1. The van der Waals surface area contributed by atoms with E-state index in [9.17, 15) is 19.2 Å². The lowest BCUT2D eigenvalue weighted by atomic mass is 10.1. The molecule has 0 radical (unpaired) electrons. The minimum atomic E-state index is -1.32. The van der Waals surface area contributed by atoms with Gasteiger partial charge in [-0.1, -0.05) is 18.2 Å². The van der Waals surface area contributed by atoms with Crippen molar-refractivity contribution in [3.8, 4) is 0 Å². The van der Waals surface area contributed by atoms with E-state index in [4.69, 9.17) is 26.4 Å². The van der Waals surface area contributed by atoms with Crippen molar-refractivity contribution >= 4 is 46.5 Å². The average molecular weight is 495 g/mol. The lowest BCUT2D eigenvalue weighted by Gasteiger charge is -2.13. The first kappa shape index (κ1) is 25.9. The Bertz CT molecular complexity index is 1290. The summed E-state index contributed by atoms with van der Waals surface area (Å²) in [5.74, 6) is -3.19. The quantitative estimate of drug-likeness (QED) is 0.241. The molecule has 2 aromatic carbocycles. The van der Waals surface area contributed by atoms with E-state index in [1.807, 2.05) is 6.07 Å². The molecule has 7 N–H and O–H groups in total. The minimum absolute atomic E-state index is 0.00508. The molecule has 0 aliphatic carbocycles. The van der Waals surface area contributed by atoms with Crippen LogP contribution < -0.4 is 16.8 Å².